The molecule has 1 saturated heterocycles. The molecular formula is C20H24F3N3O2S. The normalized spacial score (nSPS) is 18.2. The minimum absolute atomic E-state index is 0.420. The van der Waals surface area contributed by atoms with E-state index in [1.54, 1.807) is 6.20 Å². The van der Waals surface area contributed by atoms with Gasteiger partial charge in [0.2, 0.25) is 0 Å². The summed E-state index contributed by atoms with van der Waals surface area (Å²) in [5, 5.41) is 0. The Hall–Kier alpha value is -2.13. The van der Waals surface area contributed by atoms with Gasteiger partial charge in [-0.1, -0.05) is 6.07 Å². The Kier molecular flexibility index (Phi) is 6.48. The van der Waals surface area contributed by atoms with Crippen LogP contribution in [0.2, 0.25) is 0 Å². The Morgan fingerprint density at radius 1 is 1.21 bits per heavy atom. The molecule has 1 atom stereocenters. The highest BCUT2D eigenvalue weighted by Crippen LogP contribution is 2.32. The van der Waals surface area contributed by atoms with Gasteiger partial charge in [-0.05, 0) is 61.7 Å². The van der Waals surface area contributed by atoms with Crippen molar-refractivity contribution in [2.45, 2.75) is 29.8 Å². The van der Waals surface area contributed by atoms with Gasteiger partial charge in [0.15, 0.2) is 0 Å². The number of piperidine rings is 1. The van der Waals surface area contributed by atoms with E-state index in [9.17, 15) is 21.6 Å². The summed E-state index contributed by atoms with van der Waals surface area (Å²) in [5.41, 5.74) is -3.40. The molecule has 1 aliphatic heterocycles. The second-order valence-electron chi connectivity index (χ2n) is 7.46. The molecule has 1 aliphatic rings. The van der Waals surface area contributed by atoms with E-state index in [1.165, 1.54) is 12.1 Å². The molecule has 2 heterocycles. The highest BCUT2D eigenvalue weighted by Gasteiger charge is 2.46. The van der Waals surface area contributed by atoms with Crippen molar-refractivity contribution in [1.82, 2.24) is 9.88 Å². The number of aromatic nitrogens is 1. The molecule has 1 fully saturated rings. The molecule has 0 amide bonds. The summed E-state index contributed by atoms with van der Waals surface area (Å²) in [6, 6.07) is 8.94. The van der Waals surface area contributed by atoms with Crippen molar-refractivity contribution < 1.29 is 21.6 Å². The third kappa shape index (κ3) is 5.27. The van der Waals surface area contributed by atoms with Crippen LogP contribution in [0.25, 0.3) is 0 Å². The number of pyridine rings is 1. The van der Waals surface area contributed by atoms with Gasteiger partial charge in [-0.15, -0.1) is 0 Å². The summed E-state index contributed by atoms with van der Waals surface area (Å²) in [4.78, 5) is 7.75. The van der Waals surface area contributed by atoms with Crippen molar-refractivity contribution in [3.05, 3.63) is 54.4 Å². The molecule has 0 aliphatic carbocycles. The van der Waals surface area contributed by atoms with Gasteiger partial charge in [0.25, 0.3) is 9.84 Å². The van der Waals surface area contributed by atoms with E-state index in [-0.39, 0.29) is 0 Å². The fraction of sp³-hybridized carbons (Fsp3) is 0.450. The number of rotatable bonds is 6. The second-order valence-corrected chi connectivity index (χ2v) is 9.40. The number of sulfone groups is 1. The van der Waals surface area contributed by atoms with Crippen LogP contribution in [0.1, 0.15) is 18.4 Å². The topological polar surface area (TPSA) is 53.5 Å². The zero-order chi connectivity index (χ0) is 21.1. The lowest BCUT2D eigenvalue weighted by Crippen LogP contribution is -2.40. The Labute approximate surface area is 169 Å². The van der Waals surface area contributed by atoms with Gasteiger partial charge in [-0.3, -0.25) is 4.98 Å². The van der Waals surface area contributed by atoms with E-state index in [1.807, 2.05) is 18.3 Å². The highest BCUT2D eigenvalue weighted by molar-refractivity contribution is 7.92. The first-order valence-electron chi connectivity index (χ1n) is 9.40. The van der Waals surface area contributed by atoms with Crippen molar-refractivity contribution in [1.29, 1.82) is 0 Å². The number of anilines is 1. The molecule has 9 heteroatoms. The van der Waals surface area contributed by atoms with E-state index in [2.05, 4.69) is 21.8 Å². The first-order valence-corrected chi connectivity index (χ1v) is 10.9. The zero-order valence-electron chi connectivity index (χ0n) is 16.1. The Morgan fingerprint density at radius 2 is 1.93 bits per heavy atom. The van der Waals surface area contributed by atoms with E-state index in [4.69, 9.17) is 0 Å². The van der Waals surface area contributed by atoms with E-state index in [0.717, 1.165) is 62.4 Å². The number of halogens is 3. The minimum atomic E-state index is -5.31. The largest absolute Gasteiger partial charge is 0.501 e. The maximum atomic E-state index is 12.7. The van der Waals surface area contributed by atoms with E-state index in [0.29, 0.717) is 5.92 Å². The van der Waals surface area contributed by atoms with Gasteiger partial charge in [0.05, 0.1) is 4.90 Å². The van der Waals surface area contributed by atoms with Gasteiger partial charge >= 0.3 is 5.51 Å². The van der Waals surface area contributed by atoms with Crippen LogP contribution < -0.4 is 4.90 Å². The van der Waals surface area contributed by atoms with Gasteiger partial charge in [0.1, 0.15) is 0 Å². The smallest absolute Gasteiger partial charge is 0.371 e. The van der Waals surface area contributed by atoms with Crippen LogP contribution >= 0.6 is 0 Å². The standard InChI is InChI=1S/C20H24F3N3O2S/c1-25(13-16-4-2-10-24-12-16)14-17-5-3-11-26(15-17)18-6-8-19(9-7-18)29(27,28)20(21,22)23/h2,4,6-10,12,17H,3,5,11,13-15H2,1H3/t17-/m0/s1. The Bertz CT molecular complexity index is 903. The molecule has 5 nitrogen and oxygen atoms in total. The number of hydrogen-bond donors (Lipinski definition) is 0. The first-order chi connectivity index (χ1) is 13.7. The highest BCUT2D eigenvalue weighted by atomic mass is 32.2. The summed E-state index contributed by atoms with van der Waals surface area (Å²) in [5.74, 6) is 0.420. The van der Waals surface area contributed by atoms with Crippen LogP contribution in [0.3, 0.4) is 0 Å². The molecule has 1 aromatic carbocycles. The molecule has 3 rings (SSSR count). The Morgan fingerprint density at radius 3 is 2.55 bits per heavy atom. The van der Waals surface area contributed by atoms with Crippen molar-refractivity contribution in [2.24, 2.45) is 5.92 Å². The second kappa shape index (κ2) is 8.71. The van der Waals surface area contributed by atoms with Crippen LogP contribution in [0.5, 0.6) is 0 Å². The molecule has 2 aromatic rings. The van der Waals surface area contributed by atoms with Crippen molar-refractivity contribution in [3.63, 3.8) is 0 Å². The molecular weight excluding hydrogens is 403 g/mol. The van der Waals surface area contributed by atoms with Gasteiger partial charge in [-0.2, -0.15) is 13.2 Å². The molecule has 1 aromatic heterocycles. The average Bonchev–Trinajstić information content (AvgIpc) is 2.68. The molecule has 0 radical (unpaired) electrons. The fourth-order valence-corrected chi connectivity index (χ4v) is 4.49. The fourth-order valence-electron chi connectivity index (χ4n) is 3.73. The lowest BCUT2D eigenvalue weighted by atomic mass is 9.97. The SMILES string of the molecule is CN(Cc1cccnc1)C[C@@H]1CCCN(c2ccc(S(=O)(=O)C(F)(F)F)cc2)C1. The summed E-state index contributed by atoms with van der Waals surface area (Å²) in [6.07, 6.45) is 5.65. The summed E-state index contributed by atoms with van der Waals surface area (Å²) < 4.78 is 61.1. The minimum Gasteiger partial charge on any atom is -0.371 e. The summed E-state index contributed by atoms with van der Waals surface area (Å²) >= 11 is 0. The molecule has 0 spiro atoms. The monoisotopic (exact) mass is 427 g/mol. The van der Waals surface area contributed by atoms with Gasteiger partial charge < -0.3 is 9.80 Å². The molecule has 158 valence electrons. The van der Waals surface area contributed by atoms with Crippen LogP contribution in [-0.2, 0) is 16.4 Å². The number of alkyl halides is 3. The molecule has 0 unspecified atom stereocenters. The van der Waals surface area contributed by atoms with Crippen LogP contribution in [0, 0.1) is 5.92 Å². The lowest BCUT2D eigenvalue weighted by molar-refractivity contribution is -0.0436. The van der Waals surface area contributed by atoms with Crippen LogP contribution in [0.15, 0.2) is 53.7 Å². The van der Waals surface area contributed by atoms with Gasteiger partial charge in [-0.25, -0.2) is 8.42 Å². The lowest BCUT2D eigenvalue weighted by Gasteiger charge is -2.36. The maximum Gasteiger partial charge on any atom is 0.501 e. The molecule has 29 heavy (non-hydrogen) atoms. The number of hydrogen-bond acceptors (Lipinski definition) is 5. The third-order valence-electron chi connectivity index (χ3n) is 5.08. The van der Waals surface area contributed by atoms with Gasteiger partial charge in [0, 0.05) is 44.3 Å². The number of benzene rings is 1. The van der Waals surface area contributed by atoms with Crippen LogP contribution in [-0.4, -0.2) is 50.5 Å². The van der Waals surface area contributed by atoms with Crippen molar-refractivity contribution >= 4 is 15.5 Å². The first kappa shape index (κ1) is 21.6. The molecule has 0 saturated carbocycles. The zero-order valence-corrected chi connectivity index (χ0v) is 17.0. The van der Waals surface area contributed by atoms with E-state index >= 15 is 0 Å². The molecule has 0 N–H and O–H groups in total. The quantitative estimate of drug-likeness (QED) is 0.703. The maximum absolute atomic E-state index is 12.7. The van der Waals surface area contributed by atoms with Crippen molar-refractivity contribution in [2.75, 3.05) is 31.6 Å². The summed E-state index contributed by atoms with van der Waals surface area (Å²) in [6.45, 7) is 3.28. The molecule has 0 bridgehead atoms. The van der Waals surface area contributed by atoms with Crippen LogP contribution in [0.4, 0.5) is 18.9 Å². The Balaban J connectivity index is 1.62. The average molecular weight is 427 g/mol. The van der Waals surface area contributed by atoms with E-state index < -0.39 is 20.2 Å². The predicted octanol–water partition coefficient (Wildman–Crippen LogP) is 3.72. The third-order valence-corrected chi connectivity index (χ3v) is 6.58. The van der Waals surface area contributed by atoms with Crippen molar-refractivity contribution in [3.8, 4) is 0 Å². The predicted molar refractivity (Wildman–Crippen MR) is 105 cm³/mol. The summed E-state index contributed by atoms with van der Waals surface area (Å²) in [7, 11) is -3.25. The number of nitrogens with zero attached hydrogens (tertiary/aromatic N) is 3.